The summed E-state index contributed by atoms with van der Waals surface area (Å²) in [6.45, 7) is 6.67. The summed E-state index contributed by atoms with van der Waals surface area (Å²) in [4.78, 5) is 15.1. The molecule has 0 aromatic carbocycles. The molecule has 0 N–H and O–H groups in total. The second-order valence-electron chi connectivity index (χ2n) is 3.92. The molecule has 0 fully saturated rings. The van der Waals surface area contributed by atoms with E-state index < -0.39 is 22.0 Å². The van der Waals surface area contributed by atoms with E-state index in [1.54, 1.807) is 13.0 Å². The van der Waals surface area contributed by atoms with E-state index in [9.17, 15) is 4.79 Å². The van der Waals surface area contributed by atoms with Gasteiger partial charge < -0.3 is 9.47 Å². The minimum absolute atomic E-state index is 0.0170. The van der Waals surface area contributed by atoms with E-state index in [2.05, 4.69) is 11.6 Å². The van der Waals surface area contributed by atoms with Crippen molar-refractivity contribution >= 4 is 46.7 Å². The molecule has 0 unspecified atom stereocenters. The van der Waals surface area contributed by atoms with Crippen LogP contribution in [0.1, 0.15) is 20.3 Å². The molecule has 1 aliphatic heterocycles. The minimum Gasteiger partial charge on any atom is -0.468 e. The van der Waals surface area contributed by atoms with Crippen molar-refractivity contribution in [3.05, 3.63) is 12.7 Å². The summed E-state index contributed by atoms with van der Waals surface area (Å²) in [5.74, 6) is -0.380. The molecule has 7 heteroatoms. The van der Waals surface area contributed by atoms with E-state index in [4.69, 9.17) is 44.3 Å². The first-order valence-electron chi connectivity index (χ1n) is 5.35. The van der Waals surface area contributed by atoms with Gasteiger partial charge >= 0.3 is 5.97 Å². The van der Waals surface area contributed by atoms with Gasteiger partial charge in [-0.1, -0.05) is 40.9 Å². The van der Waals surface area contributed by atoms with E-state index in [1.807, 2.05) is 0 Å². The molecule has 0 radical (unpaired) electrons. The molecular formula is C11H14Cl3NO3. The topological polar surface area (TPSA) is 47.9 Å². The van der Waals surface area contributed by atoms with Crippen molar-refractivity contribution in [3.63, 3.8) is 0 Å². The monoisotopic (exact) mass is 313 g/mol. The number of esters is 1. The number of hydrogen-bond donors (Lipinski definition) is 0. The minimum atomic E-state index is -1.72. The highest BCUT2D eigenvalue weighted by molar-refractivity contribution is 6.76. The maximum atomic E-state index is 10.9. The van der Waals surface area contributed by atoms with Crippen molar-refractivity contribution in [2.24, 2.45) is 4.99 Å². The summed E-state index contributed by atoms with van der Waals surface area (Å²) in [5, 5.41) is 0. The van der Waals surface area contributed by atoms with Crippen LogP contribution >= 0.6 is 34.8 Å². The Bertz CT molecular complexity index is 365. The van der Waals surface area contributed by atoms with Crippen molar-refractivity contribution < 1.29 is 14.3 Å². The van der Waals surface area contributed by atoms with E-state index in [0.717, 1.165) is 0 Å². The van der Waals surface area contributed by atoms with Crippen LogP contribution in [-0.2, 0) is 14.3 Å². The van der Waals surface area contributed by atoms with Gasteiger partial charge in [-0.25, -0.2) is 4.99 Å². The molecule has 0 aromatic rings. The van der Waals surface area contributed by atoms with Gasteiger partial charge in [0.25, 0.3) is 3.79 Å². The molecule has 1 rings (SSSR count). The average Bonchev–Trinajstić information content (AvgIpc) is 2.60. The number of hydrogen-bond acceptors (Lipinski definition) is 4. The van der Waals surface area contributed by atoms with Crippen LogP contribution in [0.5, 0.6) is 0 Å². The van der Waals surface area contributed by atoms with Crippen molar-refractivity contribution in [1.29, 1.82) is 0 Å². The van der Waals surface area contributed by atoms with Gasteiger partial charge in [0.05, 0.1) is 6.04 Å². The van der Waals surface area contributed by atoms with Gasteiger partial charge in [-0.05, 0) is 13.3 Å². The summed E-state index contributed by atoms with van der Waals surface area (Å²) >= 11 is 17.2. The number of aliphatic imine (C=N–C) groups is 1. The molecule has 0 amide bonds. The predicted molar refractivity (Wildman–Crippen MR) is 72.4 cm³/mol. The molecular weight excluding hydrogens is 300 g/mol. The lowest BCUT2D eigenvalue weighted by Gasteiger charge is -2.23. The molecule has 18 heavy (non-hydrogen) atoms. The third-order valence-corrected chi connectivity index (χ3v) is 2.86. The van der Waals surface area contributed by atoms with Crippen LogP contribution < -0.4 is 0 Å². The molecule has 1 aliphatic rings. The first-order chi connectivity index (χ1) is 8.25. The van der Waals surface area contributed by atoms with E-state index in [-0.39, 0.29) is 11.9 Å². The summed E-state index contributed by atoms with van der Waals surface area (Å²) < 4.78 is 8.84. The second-order valence-corrected chi connectivity index (χ2v) is 6.20. The maximum Gasteiger partial charge on any atom is 0.303 e. The third kappa shape index (κ3) is 4.04. The lowest BCUT2D eigenvalue weighted by molar-refractivity contribution is -0.150. The Morgan fingerprint density at radius 1 is 1.67 bits per heavy atom. The van der Waals surface area contributed by atoms with Crippen LogP contribution in [0, 0.1) is 0 Å². The zero-order valence-corrected chi connectivity index (χ0v) is 12.3. The van der Waals surface area contributed by atoms with Gasteiger partial charge in [-0.15, -0.1) is 6.58 Å². The number of nitrogens with zero attached hydrogens (tertiary/aromatic N) is 1. The normalized spacial score (nSPS) is 25.1. The summed E-state index contributed by atoms with van der Waals surface area (Å²) in [6.07, 6.45) is 1.27. The number of rotatable bonds is 4. The Morgan fingerprint density at radius 2 is 2.28 bits per heavy atom. The number of halogens is 3. The number of ether oxygens (including phenoxy) is 2. The average molecular weight is 315 g/mol. The lowest BCUT2D eigenvalue weighted by atomic mass is 10.0. The van der Waals surface area contributed by atoms with Crippen LogP contribution in [0.3, 0.4) is 0 Å². The van der Waals surface area contributed by atoms with Gasteiger partial charge in [-0.3, -0.25) is 4.79 Å². The first-order valence-corrected chi connectivity index (χ1v) is 6.49. The Labute approximate surface area is 121 Å². The standard InChI is InChI=1S/C11H14Cl3NO3/c1-4-5-8-9(6(2)17-7(3)16)18-10(15-8)11(12,13)14/h4,6,8-9H,1,5H2,2-3H3/t6-,8-,9-/m0/s1. The Balaban J connectivity index is 2.81. The number of carbonyl (C=O) groups excluding carboxylic acids is 1. The molecule has 4 nitrogen and oxygen atoms in total. The molecule has 1 heterocycles. The van der Waals surface area contributed by atoms with E-state index >= 15 is 0 Å². The van der Waals surface area contributed by atoms with Crippen LogP contribution in [0.25, 0.3) is 0 Å². The van der Waals surface area contributed by atoms with Gasteiger partial charge in [0, 0.05) is 6.92 Å². The zero-order valence-electron chi connectivity index (χ0n) is 10.0. The van der Waals surface area contributed by atoms with Gasteiger partial charge in [0.2, 0.25) is 5.90 Å². The highest BCUT2D eigenvalue weighted by Gasteiger charge is 2.43. The largest absolute Gasteiger partial charge is 0.468 e. The molecule has 102 valence electrons. The van der Waals surface area contributed by atoms with Gasteiger partial charge in [-0.2, -0.15) is 0 Å². The van der Waals surface area contributed by atoms with Crippen molar-refractivity contribution in [1.82, 2.24) is 0 Å². The Hall–Kier alpha value is -0.450. The van der Waals surface area contributed by atoms with E-state index in [1.165, 1.54) is 6.92 Å². The predicted octanol–water partition coefficient (Wildman–Crippen LogP) is 3.05. The fourth-order valence-electron chi connectivity index (χ4n) is 1.70. The van der Waals surface area contributed by atoms with Crippen LogP contribution in [0.4, 0.5) is 0 Å². The van der Waals surface area contributed by atoms with Crippen molar-refractivity contribution in [2.45, 2.75) is 42.3 Å². The summed E-state index contributed by atoms with van der Waals surface area (Å²) in [7, 11) is 0. The lowest BCUT2D eigenvalue weighted by Crippen LogP contribution is -2.37. The molecule has 0 aliphatic carbocycles. The Morgan fingerprint density at radius 3 is 2.72 bits per heavy atom. The first kappa shape index (κ1) is 15.6. The van der Waals surface area contributed by atoms with Crippen LogP contribution in [-0.4, -0.2) is 33.9 Å². The van der Waals surface area contributed by atoms with Gasteiger partial charge in [0.1, 0.15) is 6.10 Å². The fourth-order valence-corrected chi connectivity index (χ4v) is 1.98. The highest BCUT2D eigenvalue weighted by Crippen LogP contribution is 2.35. The molecule has 0 aromatic heterocycles. The molecule has 0 spiro atoms. The molecule has 0 bridgehead atoms. The SMILES string of the molecule is C=CC[C@@H]1N=C(C(Cl)(Cl)Cl)O[C@H]1[C@H](C)OC(C)=O. The van der Waals surface area contributed by atoms with E-state index in [0.29, 0.717) is 6.42 Å². The second kappa shape index (κ2) is 6.13. The zero-order chi connectivity index (χ0) is 13.9. The highest BCUT2D eigenvalue weighted by atomic mass is 35.6. The number of carbonyl (C=O) groups is 1. The summed E-state index contributed by atoms with van der Waals surface area (Å²) in [5.41, 5.74) is 0. The molecule has 0 saturated carbocycles. The van der Waals surface area contributed by atoms with Crippen molar-refractivity contribution in [2.75, 3.05) is 0 Å². The smallest absolute Gasteiger partial charge is 0.303 e. The maximum absolute atomic E-state index is 10.9. The Kier molecular flexibility index (Phi) is 5.32. The fraction of sp³-hybridized carbons (Fsp3) is 0.636. The van der Waals surface area contributed by atoms with Crippen LogP contribution in [0.2, 0.25) is 0 Å². The quantitative estimate of drug-likeness (QED) is 0.455. The molecule has 0 saturated heterocycles. The summed E-state index contributed by atoms with van der Waals surface area (Å²) in [6, 6.07) is -0.275. The van der Waals surface area contributed by atoms with Crippen molar-refractivity contribution in [3.8, 4) is 0 Å². The third-order valence-electron chi connectivity index (χ3n) is 2.38. The van der Waals surface area contributed by atoms with Crippen LogP contribution in [0.15, 0.2) is 17.6 Å². The number of alkyl halides is 3. The van der Waals surface area contributed by atoms with Gasteiger partial charge in [0.15, 0.2) is 6.10 Å². The molecule has 3 atom stereocenters.